The van der Waals surface area contributed by atoms with Gasteiger partial charge in [-0.2, -0.15) is 0 Å². The molecule has 0 spiro atoms. The van der Waals surface area contributed by atoms with Crippen LogP contribution in [-0.4, -0.2) is 41.4 Å². The summed E-state index contributed by atoms with van der Waals surface area (Å²) in [6, 6.07) is 22.5. The van der Waals surface area contributed by atoms with Crippen LogP contribution < -0.4 is 15.4 Å². The highest BCUT2D eigenvalue weighted by molar-refractivity contribution is 6.13. The van der Waals surface area contributed by atoms with Crippen LogP contribution in [0.3, 0.4) is 0 Å². The third-order valence-corrected chi connectivity index (χ3v) is 5.25. The zero-order chi connectivity index (χ0) is 21.0. The fourth-order valence-electron chi connectivity index (χ4n) is 3.46. The van der Waals surface area contributed by atoms with Crippen LogP contribution in [0.2, 0.25) is 0 Å². The molecule has 0 unspecified atom stereocenters. The number of ether oxygens (including phenoxy) is 1. The summed E-state index contributed by atoms with van der Waals surface area (Å²) in [5.41, 5.74) is 2.23. The summed E-state index contributed by atoms with van der Waals surface area (Å²) >= 11 is 0. The molecule has 0 fully saturated rings. The summed E-state index contributed by atoms with van der Waals surface area (Å²) in [6.45, 7) is 0.0108. The van der Waals surface area contributed by atoms with Gasteiger partial charge in [0.05, 0.1) is 24.6 Å². The molecule has 6 heteroatoms. The number of anilines is 2. The molecule has 4 N–H and O–H groups in total. The normalized spacial score (nSPS) is 14.2. The Kier molecular flexibility index (Phi) is 5.70. The molecule has 0 amide bonds. The molecule has 0 aromatic heterocycles. The average Bonchev–Trinajstić information content (AvgIpc) is 2.83. The van der Waals surface area contributed by atoms with Crippen molar-refractivity contribution >= 4 is 17.2 Å². The summed E-state index contributed by atoms with van der Waals surface area (Å²) < 4.78 is 5.97. The van der Waals surface area contributed by atoms with Gasteiger partial charge < -0.3 is 25.6 Å². The second-order valence-electron chi connectivity index (χ2n) is 7.41. The molecule has 0 saturated heterocycles. The summed E-state index contributed by atoms with van der Waals surface area (Å²) in [5, 5.41) is 26.2. The van der Waals surface area contributed by atoms with Crippen LogP contribution in [0, 0.1) is 0 Å². The highest BCUT2D eigenvalue weighted by Crippen LogP contribution is 2.42. The second-order valence-corrected chi connectivity index (χ2v) is 7.41. The third kappa shape index (κ3) is 3.87. The summed E-state index contributed by atoms with van der Waals surface area (Å²) in [5.74, 6) is 0.342. The number of carbonyl (C=O) groups is 1. The summed E-state index contributed by atoms with van der Waals surface area (Å²) in [4.78, 5) is 13.2. The number of ketones is 1. The fourth-order valence-corrected chi connectivity index (χ4v) is 3.46. The van der Waals surface area contributed by atoms with Crippen molar-refractivity contribution in [2.45, 2.75) is 12.1 Å². The van der Waals surface area contributed by atoms with Gasteiger partial charge in [0, 0.05) is 17.7 Å². The topological polar surface area (TPSA) is 90.8 Å². The smallest absolute Gasteiger partial charge is 0.195 e. The summed E-state index contributed by atoms with van der Waals surface area (Å²) in [6.07, 6.45) is 0. The van der Waals surface area contributed by atoms with E-state index < -0.39 is 5.54 Å². The molecule has 0 bridgehead atoms. The lowest BCUT2D eigenvalue weighted by Gasteiger charge is -2.38. The number of aliphatic hydroxyl groups excluding tert-OH is 2. The number of nitrogens with one attached hydrogen (secondary N) is 2. The minimum atomic E-state index is -1.06. The van der Waals surface area contributed by atoms with E-state index in [9.17, 15) is 15.0 Å². The van der Waals surface area contributed by atoms with Crippen LogP contribution >= 0.6 is 0 Å². The predicted octanol–water partition coefficient (Wildman–Crippen LogP) is 3.06. The maximum absolute atomic E-state index is 13.2. The Hall–Kier alpha value is -3.35. The van der Waals surface area contributed by atoms with Crippen molar-refractivity contribution in [3.8, 4) is 5.75 Å². The number of rotatable bonds is 7. The van der Waals surface area contributed by atoms with E-state index in [1.165, 1.54) is 0 Å². The van der Waals surface area contributed by atoms with Crippen LogP contribution in [0.5, 0.6) is 5.75 Å². The predicted molar refractivity (Wildman–Crippen MR) is 116 cm³/mol. The Balaban J connectivity index is 1.72. The molecule has 3 aromatic rings. The number of hydrogen-bond donors (Lipinski definition) is 4. The largest absolute Gasteiger partial charge is 0.487 e. The quantitative estimate of drug-likeness (QED) is 0.453. The molecule has 0 atom stereocenters. The highest BCUT2D eigenvalue weighted by atomic mass is 16.5. The van der Waals surface area contributed by atoms with Gasteiger partial charge in [-0.25, -0.2) is 0 Å². The lowest BCUT2D eigenvalue weighted by molar-refractivity contribution is 0.0847. The Bertz CT molecular complexity index is 1020. The average molecular weight is 404 g/mol. The van der Waals surface area contributed by atoms with Crippen molar-refractivity contribution in [3.05, 3.63) is 89.5 Å². The van der Waals surface area contributed by atoms with Crippen molar-refractivity contribution in [3.63, 3.8) is 0 Å². The van der Waals surface area contributed by atoms with Gasteiger partial charge in [0.25, 0.3) is 0 Å². The standard InChI is InChI=1S/C24H24N2O4/c27-14-24(15-28)16-30-23-20(25-13-17-7-3-1-4-8-17)12-11-19(21(23)26-24)22(29)18-9-5-2-6-10-18/h1-12,25-28H,13-16H2. The monoisotopic (exact) mass is 404 g/mol. The molecule has 1 heterocycles. The molecule has 3 aromatic carbocycles. The first-order valence-electron chi connectivity index (χ1n) is 9.83. The summed E-state index contributed by atoms with van der Waals surface area (Å²) in [7, 11) is 0. The zero-order valence-electron chi connectivity index (χ0n) is 16.5. The van der Waals surface area contributed by atoms with E-state index in [2.05, 4.69) is 10.6 Å². The van der Waals surface area contributed by atoms with Gasteiger partial charge in [0.15, 0.2) is 11.5 Å². The van der Waals surface area contributed by atoms with Gasteiger partial charge in [-0.1, -0.05) is 60.7 Å². The minimum absolute atomic E-state index is 0.0794. The van der Waals surface area contributed by atoms with E-state index in [-0.39, 0.29) is 25.6 Å². The van der Waals surface area contributed by atoms with Crippen LogP contribution in [0.4, 0.5) is 11.4 Å². The van der Waals surface area contributed by atoms with Gasteiger partial charge >= 0.3 is 0 Å². The van der Waals surface area contributed by atoms with E-state index in [0.717, 1.165) is 11.3 Å². The molecular weight excluding hydrogens is 380 g/mol. The van der Waals surface area contributed by atoms with Gasteiger partial charge in [-0.05, 0) is 17.7 Å². The van der Waals surface area contributed by atoms with E-state index in [1.807, 2.05) is 54.6 Å². The molecular formula is C24H24N2O4. The highest BCUT2D eigenvalue weighted by Gasteiger charge is 2.37. The Labute approximate surface area is 175 Å². The molecule has 0 aliphatic carbocycles. The molecule has 6 nitrogen and oxygen atoms in total. The van der Waals surface area contributed by atoms with Crippen LogP contribution in [0.15, 0.2) is 72.8 Å². The van der Waals surface area contributed by atoms with E-state index in [1.54, 1.807) is 18.2 Å². The van der Waals surface area contributed by atoms with Crippen LogP contribution in [0.1, 0.15) is 21.5 Å². The van der Waals surface area contributed by atoms with E-state index in [0.29, 0.717) is 29.1 Å². The number of benzene rings is 3. The third-order valence-electron chi connectivity index (χ3n) is 5.25. The fraction of sp³-hybridized carbons (Fsp3) is 0.208. The molecule has 1 aliphatic rings. The lowest BCUT2D eigenvalue weighted by Crippen LogP contribution is -2.53. The lowest BCUT2D eigenvalue weighted by atomic mass is 9.95. The van der Waals surface area contributed by atoms with E-state index >= 15 is 0 Å². The van der Waals surface area contributed by atoms with Crippen molar-refractivity contribution in [2.24, 2.45) is 0 Å². The van der Waals surface area contributed by atoms with Crippen LogP contribution in [0.25, 0.3) is 0 Å². The molecule has 154 valence electrons. The molecule has 1 aliphatic heterocycles. The maximum atomic E-state index is 13.2. The first-order chi connectivity index (χ1) is 14.7. The van der Waals surface area contributed by atoms with Crippen molar-refractivity contribution < 1.29 is 19.7 Å². The molecule has 0 saturated carbocycles. The van der Waals surface area contributed by atoms with Gasteiger partial charge in [0.2, 0.25) is 0 Å². The first-order valence-corrected chi connectivity index (χ1v) is 9.83. The van der Waals surface area contributed by atoms with Gasteiger partial charge in [-0.15, -0.1) is 0 Å². The molecule has 30 heavy (non-hydrogen) atoms. The van der Waals surface area contributed by atoms with E-state index in [4.69, 9.17) is 4.74 Å². The number of fused-ring (bicyclic) bond motifs is 1. The Morgan fingerprint density at radius 2 is 1.63 bits per heavy atom. The van der Waals surface area contributed by atoms with Crippen molar-refractivity contribution in [1.82, 2.24) is 0 Å². The second kappa shape index (κ2) is 8.57. The SMILES string of the molecule is O=C(c1ccccc1)c1ccc(NCc2ccccc2)c2c1NC(CO)(CO)CO2. The number of aliphatic hydroxyl groups is 2. The molecule has 4 rings (SSSR count). The Morgan fingerprint density at radius 1 is 0.967 bits per heavy atom. The minimum Gasteiger partial charge on any atom is -0.487 e. The van der Waals surface area contributed by atoms with Crippen LogP contribution in [-0.2, 0) is 6.54 Å². The van der Waals surface area contributed by atoms with Gasteiger partial charge in [-0.3, -0.25) is 4.79 Å². The zero-order valence-corrected chi connectivity index (χ0v) is 16.5. The van der Waals surface area contributed by atoms with Crippen molar-refractivity contribution in [1.29, 1.82) is 0 Å². The Morgan fingerprint density at radius 3 is 2.30 bits per heavy atom. The number of hydrogen-bond acceptors (Lipinski definition) is 6. The maximum Gasteiger partial charge on any atom is 0.195 e. The first kappa shape index (κ1) is 19.9. The van der Waals surface area contributed by atoms with Crippen molar-refractivity contribution in [2.75, 3.05) is 30.5 Å². The van der Waals surface area contributed by atoms with Gasteiger partial charge in [0.1, 0.15) is 12.1 Å². The molecule has 0 radical (unpaired) electrons. The number of carbonyl (C=O) groups excluding carboxylic acids is 1.